The molecule has 0 radical (unpaired) electrons. The van der Waals surface area contributed by atoms with Crippen LogP contribution in [-0.2, 0) is 13.4 Å². The van der Waals surface area contributed by atoms with E-state index >= 15 is 0 Å². The highest BCUT2D eigenvalue weighted by atomic mass is 16.3. The van der Waals surface area contributed by atoms with Gasteiger partial charge in [0, 0.05) is 29.3 Å². The standard InChI is InChI=1S/C26H27N2O/c1-16-9-12-20(27-6)25-22(16)19-11-8-17(2)23(24(19)29-25)21-13-10-18(15-28(21)7)14-26(3,4)5/h8-13,15H,14H2,1-5,7H3/q+1/i1D3,14D2,15D. The average molecular weight is 390 g/mol. The Balaban J connectivity index is 2.09. The highest BCUT2D eigenvalue weighted by molar-refractivity contribution is 6.14. The predicted molar refractivity (Wildman–Crippen MR) is 119 cm³/mol. The van der Waals surface area contributed by atoms with Crippen molar-refractivity contribution in [3.05, 3.63) is 70.7 Å². The lowest BCUT2D eigenvalue weighted by Gasteiger charge is -2.17. The number of aromatic nitrogens is 1. The largest absolute Gasteiger partial charge is 0.466 e. The molecule has 0 atom stereocenters. The van der Waals surface area contributed by atoms with Gasteiger partial charge in [-0.15, -0.1) is 0 Å². The fourth-order valence-electron chi connectivity index (χ4n) is 3.71. The summed E-state index contributed by atoms with van der Waals surface area (Å²) in [6.45, 7) is 12.5. The van der Waals surface area contributed by atoms with E-state index in [4.69, 9.17) is 19.2 Å². The Morgan fingerprint density at radius 2 is 1.90 bits per heavy atom. The van der Waals surface area contributed by atoms with E-state index in [-0.39, 0.29) is 28.6 Å². The van der Waals surface area contributed by atoms with E-state index in [9.17, 15) is 0 Å². The maximum atomic E-state index is 8.77. The molecule has 3 nitrogen and oxygen atoms in total. The van der Waals surface area contributed by atoms with Gasteiger partial charge in [0.1, 0.15) is 19.6 Å². The van der Waals surface area contributed by atoms with Crippen LogP contribution in [0.15, 0.2) is 47.0 Å². The zero-order valence-corrected chi connectivity index (χ0v) is 17.3. The number of hydrogen-bond acceptors (Lipinski definition) is 1. The Labute approximate surface area is 180 Å². The molecule has 4 rings (SSSR count). The van der Waals surface area contributed by atoms with E-state index in [1.807, 2.05) is 13.0 Å². The highest BCUT2D eigenvalue weighted by Crippen LogP contribution is 2.41. The Morgan fingerprint density at radius 1 is 1.14 bits per heavy atom. The predicted octanol–water partition coefficient (Wildman–Crippen LogP) is 6.83. The fraction of sp³-hybridized carbons (Fsp3) is 0.308. The molecule has 0 unspecified atom stereocenters. The third kappa shape index (κ3) is 3.29. The van der Waals surface area contributed by atoms with E-state index in [1.54, 1.807) is 50.6 Å². The van der Waals surface area contributed by atoms with Gasteiger partial charge in [-0.2, -0.15) is 0 Å². The number of aryl methyl sites for hydroxylation is 2. The molecule has 0 aliphatic heterocycles. The second kappa shape index (κ2) is 6.74. The van der Waals surface area contributed by atoms with E-state index < -0.39 is 18.6 Å². The number of benzene rings is 2. The summed E-state index contributed by atoms with van der Waals surface area (Å²) in [6.07, 6.45) is -1.69. The number of pyridine rings is 1. The summed E-state index contributed by atoms with van der Waals surface area (Å²) in [4.78, 5) is 3.53. The van der Waals surface area contributed by atoms with Crippen molar-refractivity contribution in [3.8, 4) is 11.3 Å². The molecule has 2 heterocycles. The van der Waals surface area contributed by atoms with E-state index in [1.165, 1.54) is 12.1 Å². The summed E-state index contributed by atoms with van der Waals surface area (Å²) >= 11 is 0. The molecule has 3 heteroatoms. The molecule has 0 spiro atoms. The molecule has 0 fully saturated rings. The van der Waals surface area contributed by atoms with Crippen LogP contribution < -0.4 is 4.57 Å². The summed E-state index contributed by atoms with van der Waals surface area (Å²) < 4.78 is 57.9. The maximum absolute atomic E-state index is 8.77. The van der Waals surface area contributed by atoms with Crippen molar-refractivity contribution in [2.75, 3.05) is 0 Å². The van der Waals surface area contributed by atoms with Gasteiger partial charge in [-0.3, -0.25) is 0 Å². The molecule has 0 saturated heterocycles. The van der Waals surface area contributed by atoms with Gasteiger partial charge in [0.2, 0.25) is 11.4 Å². The minimum atomic E-state index is -2.39. The van der Waals surface area contributed by atoms with Crippen molar-refractivity contribution in [1.29, 1.82) is 0 Å². The SMILES string of the molecule is [2H]c1c(C([2H])([2H])C(C)(C)C)ccc(-c2c(C)ccc3c2oc2c([N+]#[C-])ccc(C([2H])([2H])[2H])c23)[n+]1C. The van der Waals surface area contributed by atoms with Crippen molar-refractivity contribution >= 4 is 27.6 Å². The van der Waals surface area contributed by atoms with Gasteiger partial charge in [0.15, 0.2) is 6.17 Å². The third-order valence-corrected chi connectivity index (χ3v) is 4.92. The molecule has 2 aromatic heterocycles. The molecule has 29 heavy (non-hydrogen) atoms. The Kier molecular flexibility index (Phi) is 3.06. The first-order valence-electron chi connectivity index (χ1n) is 12.5. The van der Waals surface area contributed by atoms with Crippen LogP contribution in [0.25, 0.3) is 38.0 Å². The molecule has 2 aromatic carbocycles. The lowest BCUT2D eigenvalue weighted by atomic mass is 9.88. The van der Waals surface area contributed by atoms with Crippen molar-refractivity contribution in [3.63, 3.8) is 0 Å². The number of furan rings is 1. The zero-order valence-electron chi connectivity index (χ0n) is 23.3. The molecule has 146 valence electrons. The summed E-state index contributed by atoms with van der Waals surface area (Å²) in [5.41, 5.74) is 2.72. The zero-order chi connectivity index (χ0) is 26.1. The van der Waals surface area contributed by atoms with Gasteiger partial charge < -0.3 is 4.42 Å². The van der Waals surface area contributed by atoms with Gasteiger partial charge in [-0.25, -0.2) is 9.41 Å². The molecule has 0 aliphatic rings. The Bertz CT molecular complexity index is 1530. The molecule has 0 bridgehead atoms. The monoisotopic (exact) mass is 389 g/mol. The van der Waals surface area contributed by atoms with E-state index in [0.717, 1.165) is 5.56 Å². The van der Waals surface area contributed by atoms with Crippen LogP contribution in [0.2, 0.25) is 0 Å². The van der Waals surface area contributed by atoms with Crippen LogP contribution in [0.3, 0.4) is 0 Å². The fourth-order valence-corrected chi connectivity index (χ4v) is 3.71. The lowest BCUT2D eigenvalue weighted by Crippen LogP contribution is -2.32. The number of fused-ring (bicyclic) bond motifs is 3. The van der Waals surface area contributed by atoms with Crippen LogP contribution in [0.1, 0.15) is 45.7 Å². The summed E-state index contributed by atoms with van der Waals surface area (Å²) in [7, 11) is 1.71. The van der Waals surface area contributed by atoms with Gasteiger partial charge in [0.05, 0.1) is 12.1 Å². The van der Waals surface area contributed by atoms with Crippen LogP contribution in [-0.4, -0.2) is 0 Å². The second-order valence-corrected chi connectivity index (χ2v) is 8.36. The second-order valence-electron chi connectivity index (χ2n) is 8.36. The smallest absolute Gasteiger partial charge is 0.229 e. The highest BCUT2D eigenvalue weighted by Gasteiger charge is 2.23. The van der Waals surface area contributed by atoms with Crippen LogP contribution in [0.5, 0.6) is 0 Å². The van der Waals surface area contributed by atoms with Gasteiger partial charge in [-0.1, -0.05) is 45.0 Å². The molecule has 0 amide bonds. The number of nitrogens with zero attached hydrogens (tertiary/aromatic N) is 2. The average Bonchev–Trinajstić information content (AvgIpc) is 3.13. The summed E-state index contributed by atoms with van der Waals surface area (Å²) in [5, 5.41) is 0.974. The van der Waals surface area contributed by atoms with Crippen molar-refractivity contribution in [2.24, 2.45) is 12.5 Å². The van der Waals surface area contributed by atoms with Gasteiger partial charge in [-0.05, 0) is 42.8 Å². The van der Waals surface area contributed by atoms with E-state index in [2.05, 4.69) is 4.85 Å². The maximum Gasteiger partial charge on any atom is 0.229 e. The number of rotatable bonds is 2. The summed E-state index contributed by atoms with van der Waals surface area (Å²) in [5.74, 6) is 0. The molecule has 0 aliphatic carbocycles. The topological polar surface area (TPSA) is 21.4 Å². The van der Waals surface area contributed by atoms with Crippen LogP contribution >= 0.6 is 0 Å². The minimum absolute atomic E-state index is 0.0416. The Hall–Kier alpha value is -3.12. The first-order valence-corrected chi connectivity index (χ1v) is 9.48. The molecular weight excluding hydrogens is 356 g/mol. The number of hydrogen-bond donors (Lipinski definition) is 0. The van der Waals surface area contributed by atoms with Crippen molar-refractivity contribution < 1.29 is 17.2 Å². The van der Waals surface area contributed by atoms with Crippen molar-refractivity contribution in [2.45, 2.75) is 40.9 Å². The van der Waals surface area contributed by atoms with Gasteiger partial charge in [0.25, 0.3) is 0 Å². The van der Waals surface area contributed by atoms with Crippen molar-refractivity contribution in [1.82, 2.24) is 0 Å². The van der Waals surface area contributed by atoms with Crippen LogP contribution in [0.4, 0.5) is 5.69 Å². The quantitative estimate of drug-likeness (QED) is 0.272. The molecular formula is C26H27N2O+. The third-order valence-electron chi connectivity index (χ3n) is 4.92. The summed E-state index contributed by atoms with van der Waals surface area (Å²) in [6, 6.07) is 10.0. The first-order chi connectivity index (χ1) is 16.1. The van der Waals surface area contributed by atoms with Gasteiger partial charge >= 0.3 is 0 Å². The minimum Gasteiger partial charge on any atom is -0.466 e. The molecule has 4 aromatic rings. The molecule has 0 N–H and O–H groups in total. The first kappa shape index (κ1) is 13.2. The Morgan fingerprint density at radius 3 is 2.59 bits per heavy atom. The van der Waals surface area contributed by atoms with E-state index in [0.29, 0.717) is 27.6 Å². The molecule has 0 saturated carbocycles. The van der Waals surface area contributed by atoms with Crippen LogP contribution in [0, 0.1) is 25.8 Å². The normalized spacial score (nSPS) is 15.9. The lowest BCUT2D eigenvalue weighted by molar-refractivity contribution is -0.660.